The Kier molecular flexibility index (Phi) is 3.62. The third kappa shape index (κ3) is 2.83. The van der Waals surface area contributed by atoms with Gasteiger partial charge in [0.25, 0.3) is 0 Å². The van der Waals surface area contributed by atoms with E-state index in [0.29, 0.717) is 16.7 Å². The first kappa shape index (κ1) is 13.9. The lowest BCUT2D eigenvalue weighted by molar-refractivity contribution is 0.104. The quantitative estimate of drug-likeness (QED) is 0.593. The van der Waals surface area contributed by atoms with Crippen LogP contribution in [0.25, 0.3) is 17.2 Å². The minimum absolute atomic E-state index is 0.165. The number of aromatic amines is 1. The lowest BCUT2D eigenvalue weighted by atomic mass is 10.1. The maximum atomic E-state index is 12.2. The molecule has 5 heteroatoms. The predicted octanol–water partition coefficient (Wildman–Crippen LogP) is 3.03. The van der Waals surface area contributed by atoms with Gasteiger partial charge in [0.15, 0.2) is 11.4 Å². The van der Waals surface area contributed by atoms with E-state index in [1.165, 1.54) is 6.08 Å². The summed E-state index contributed by atoms with van der Waals surface area (Å²) in [7, 11) is 1.60. The molecule has 2 aromatic carbocycles. The van der Waals surface area contributed by atoms with Crippen molar-refractivity contribution in [2.75, 3.05) is 7.11 Å². The van der Waals surface area contributed by atoms with E-state index in [-0.39, 0.29) is 5.78 Å². The molecule has 3 rings (SSSR count). The third-order valence-electron chi connectivity index (χ3n) is 3.25. The Morgan fingerprint density at radius 1 is 1.18 bits per heavy atom. The summed E-state index contributed by atoms with van der Waals surface area (Å²) >= 11 is 0. The standard InChI is InChI=1S/C17H13NO4/c1-21-13-6-2-11(3-7-13)4-9-15(19)12-5-8-14-16(10-12)22-17(20)18-14/h2-10H,1H3,(H,18,20)/b9-4+. The Morgan fingerprint density at radius 2 is 1.95 bits per heavy atom. The van der Waals surface area contributed by atoms with E-state index in [0.717, 1.165) is 11.3 Å². The van der Waals surface area contributed by atoms with Crippen LogP contribution >= 0.6 is 0 Å². The lowest BCUT2D eigenvalue weighted by Crippen LogP contribution is -1.93. The molecule has 0 atom stereocenters. The van der Waals surface area contributed by atoms with E-state index in [9.17, 15) is 9.59 Å². The summed E-state index contributed by atoms with van der Waals surface area (Å²) in [6.45, 7) is 0. The number of ketones is 1. The molecule has 1 aromatic heterocycles. The van der Waals surface area contributed by atoms with Crippen LogP contribution in [0.3, 0.4) is 0 Å². The fourth-order valence-corrected chi connectivity index (χ4v) is 2.08. The number of allylic oxidation sites excluding steroid dienone is 1. The molecule has 0 saturated heterocycles. The number of carbonyl (C=O) groups is 1. The number of methoxy groups -OCH3 is 1. The Hall–Kier alpha value is -3.08. The monoisotopic (exact) mass is 295 g/mol. The molecule has 5 nitrogen and oxygen atoms in total. The van der Waals surface area contributed by atoms with Crippen LogP contribution in [0.15, 0.2) is 57.8 Å². The highest BCUT2D eigenvalue weighted by atomic mass is 16.5. The molecule has 0 unspecified atom stereocenters. The van der Waals surface area contributed by atoms with E-state index < -0.39 is 5.76 Å². The van der Waals surface area contributed by atoms with Crippen molar-refractivity contribution in [3.05, 3.63) is 70.2 Å². The number of ether oxygens (including phenoxy) is 1. The van der Waals surface area contributed by atoms with Gasteiger partial charge in [-0.3, -0.25) is 9.78 Å². The number of oxazole rings is 1. The molecule has 0 saturated carbocycles. The van der Waals surface area contributed by atoms with Gasteiger partial charge in [-0.15, -0.1) is 0 Å². The zero-order valence-electron chi connectivity index (χ0n) is 11.8. The summed E-state index contributed by atoms with van der Waals surface area (Å²) in [5.41, 5.74) is 2.29. The molecule has 0 fully saturated rings. The smallest absolute Gasteiger partial charge is 0.417 e. The van der Waals surface area contributed by atoms with E-state index in [1.54, 1.807) is 31.4 Å². The van der Waals surface area contributed by atoms with Gasteiger partial charge in [-0.25, -0.2) is 4.79 Å². The van der Waals surface area contributed by atoms with Crippen LogP contribution in [0.1, 0.15) is 15.9 Å². The molecule has 0 aliphatic carbocycles. The van der Waals surface area contributed by atoms with Crippen molar-refractivity contribution in [3.8, 4) is 5.75 Å². The minimum atomic E-state index is -0.534. The van der Waals surface area contributed by atoms with Crippen molar-refractivity contribution in [1.29, 1.82) is 0 Å². The van der Waals surface area contributed by atoms with E-state index in [1.807, 2.05) is 24.3 Å². The molecular formula is C17H13NO4. The highest BCUT2D eigenvalue weighted by Crippen LogP contribution is 2.15. The second-order valence-electron chi connectivity index (χ2n) is 4.70. The number of H-pyrrole nitrogens is 1. The predicted molar refractivity (Wildman–Crippen MR) is 83.2 cm³/mol. The highest BCUT2D eigenvalue weighted by molar-refractivity contribution is 6.08. The van der Waals surface area contributed by atoms with Gasteiger partial charge in [-0.1, -0.05) is 18.2 Å². The number of rotatable bonds is 4. The minimum Gasteiger partial charge on any atom is -0.497 e. The molecule has 110 valence electrons. The number of aromatic nitrogens is 1. The van der Waals surface area contributed by atoms with Crippen molar-refractivity contribution in [2.24, 2.45) is 0 Å². The molecule has 22 heavy (non-hydrogen) atoms. The first-order valence-corrected chi connectivity index (χ1v) is 6.65. The summed E-state index contributed by atoms with van der Waals surface area (Å²) in [6.07, 6.45) is 3.20. The van der Waals surface area contributed by atoms with Gasteiger partial charge < -0.3 is 9.15 Å². The molecule has 0 bridgehead atoms. The average molecular weight is 295 g/mol. The first-order valence-electron chi connectivity index (χ1n) is 6.65. The summed E-state index contributed by atoms with van der Waals surface area (Å²) < 4.78 is 10.0. The van der Waals surface area contributed by atoms with Crippen LogP contribution in [0.5, 0.6) is 5.75 Å². The van der Waals surface area contributed by atoms with Crippen molar-refractivity contribution in [1.82, 2.24) is 4.98 Å². The van der Waals surface area contributed by atoms with Crippen molar-refractivity contribution < 1.29 is 13.9 Å². The number of nitrogens with one attached hydrogen (secondary N) is 1. The molecule has 3 aromatic rings. The SMILES string of the molecule is COc1ccc(/C=C/C(=O)c2ccc3[nH]c(=O)oc3c2)cc1. The Labute approximate surface area is 125 Å². The highest BCUT2D eigenvalue weighted by Gasteiger charge is 2.06. The van der Waals surface area contributed by atoms with Crippen LogP contribution in [-0.2, 0) is 0 Å². The number of carbonyl (C=O) groups excluding carboxylic acids is 1. The van der Waals surface area contributed by atoms with Gasteiger partial charge in [0, 0.05) is 5.56 Å². The largest absolute Gasteiger partial charge is 0.497 e. The van der Waals surface area contributed by atoms with Crippen LogP contribution in [0.2, 0.25) is 0 Å². The van der Waals surface area contributed by atoms with E-state index >= 15 is 0 Å². The van der Waals surface area contributed by atoms with Gasteiger partial charge >= 0.3 is 5.76 Å². The van der Waals surface area contributed by atoms with E-state index in [4.69, 9.17) is 9.15 Å². The number of hydrogen-bond donors (Lipinski definition) is 1. The maximum Gasteiger partial charge on any atom is 0.417 e. The Bertz CT molecular complexity index is 900. The van der Waals surface area contributed by atoms with E-state index in [2.05, 4.69) is 4.98 Å². The maximum absolute atomic E-state index is 12.2. The summed E-state index contributed by atoms with van der Waals surface area (Å²) in [5, 5.41) is 0. The Balaban J connectivity index is 1.82. The molecule has 0 aliphatic rings. The number of fused-ring (bicyclic) bond motifs is 1. The van der Waals surface area contributed by atoms with Gasteiger partial charge in [0.1, 0.15) is 5.75 Å². The number of benzene rings is 2. The van der Waals surface area contributed by atoms with Gasteiger partial charge in [-0.2, -0.15) is 0 Å². The first-order chi connectivity index (χ1) is 10.7. The summed E-state index contributed by atoms with van der Waals surface area (Å²) in [5.74, 6) is 0.0614. The van der Waals surface area contributed by atoms with Crippen LogP contribution in [-0.4, -0.2) is 17.9 Å². The third-order valence-corrected chi connectivity index (χ3v) is 3.25. The lowest BCUT2D eigenvalue weighted by Gasteiger charge is -1.99. The molecule has 0 aliphatic heterocycles. The summed E-state index contributed by atoms with van der Waals surface area (Å²) in [4.78, 5) is 25.8. The zero-order chi connectivity index (χ0) is 15.5. The van der Waals surface area contributed by atoms with Gasteiger partial charge in [0.2, 0.25) is 0 Å². The van der Waals surface area contributed by atoms with Gasteiger partial charge in [0.05, 0.1) is 12.6 Å². The second-order valence-corrected chi connectivity index (χ2v) is 4.70. The topological polar surface area (TPSA) is 72.3 Å². The van der Waals surface area contributed by atoms with Crippen molar-refractivity contribution in [2.45, 2.75) is 0 Å². The molecular weight excluding hydrogens is 282 g/mol. The average Bonchev–Trinajstić information content (AvgIpc) is 2.92. The van der Waals surface area contributed by atoms with Crippen LogP contribution in [0.4, 0.5) is 0 Å². The summed E-state index contributed by atoms with van der Waals surface area (Å²) in [6, 6.07) is 12.2. The second kappa shape index (κ2) is 5.73. The molecule has 1 N–H and O–H groups in total. The molecule has 0 amide bonds. The molecule has 0 radical (unpaired) electrons. The normalized spacial score (nSPS) is 11.1. The van der Waals surface area contributed by atoms with Crippen molar-refractivity contribution in [3.63, 3.8) is 0 Å². The number of hydrogen-bond acceptors (Lipinski definition) is 4. The zero-order valence-corrected chi connectivity index (χ0v) is 11.8. The Morgan fingerprint density at radius 3 is 2.68 bits per heavy atom. The van der Waals surface area contributed by atoms with Crippen molar-refractivity contribution >= 4 is 23.0 Å². The molecule has 0 spiro atoms. The fourth-order valence-electron chi connectivity index (χ4n) is 2.08. The van der Waals surface area contributed by atoms with Crippen LogP contribution < -0.4 is 10.5 Å². The fraction of sp³-hybridized carbons (Fsp3) is 0.0588. The van der Waals surface area contributed by atoms with Gasteiger partial charge in [-0.05, 0) is 42.0 Å². The molecule has 1 heterocycles. The van der Waals surface area contributed by atoms with Crippen LogP contribution in [0, 0.1) is 0 Å².